The second-order valence-electron chi connectivity index (χ2n) is 8.70. The van der Waals surface area contributed by atoms with Crippen LogP contribution >= 0.6 is 0 Å². The number of anilines is 1. The van der Waals surface area contributed by atoms with Crippen LogP contribution in [0.25, 0.3) is 0 Å². The van der Waals surface area contributed by atoms with Gasteiger partial charge in [-0.25, -0.2) is 9.59 Å². The number of piperidine rings is 1. The van der Waals surface area contributed by atoms with E-state index in [-0.39, 0.29) is 12.1 Å². The van der Waals surface area contributed by atoms with Crippen molar-refractivity contribution < 1.29 is 9.59 Å². The summed E-state index contributed by atoms with van der Waals surface area (Å²) < 4.78 is 0. The third kappa shape index (κ3) is 6.65. The number of aryl methyl sites for hydroxylation is 2. The number of amides is 4. The van der Waals surface area contributed by atoms with Crippen LogP contribution in [0.4, 0.5) is 15.3 Å². The molecular weight excluding hydrogens is 364 g/mol. The number of carbonyl (C=O) groups excluding carboxylic acids is 2. The van der Waals surface area contributed by atoms with Crippen LogP contribution in [0.15, 0.2) is 18.2 Å². The van der Waals surface area contributed by atoms with Crippen molar-refractivity contribution in [3.8, 4) is 0 Å². The Hall–Kier alpha value is -2.24. The highest BCUT2D eigenvalue weighted by Crippen LogP contribution is 2.22. The summed E-state index contributed by atoms with van der Waals surface area (Å²) in [6.07, 6.45) is 8.99. The van der Waals surface area contributed by atoms with Gasteiger partial charge in [0.25, 0.3) is 0 Å². The quantitative estimate of drug-likeness (QED) is 0.677. The summed E-state index contributed by atoms with van der Waals surface area (Å²) in [5.74, 6) is 0.565. The molecule has 1 aliphatic heterocycles. The van der Waals surface area contributed by atoms with Gasteiger partial charge in [0.15, 0.2) is 0 Å². The fraction of sp³-hybridized carbons (Fsp3) is 0.652. The minimum atomic E-state index is -0.150. The number of hydrogen-bond acceptors (Lipinski definition) is 2. The molecular formula is C23H36N4O2. The van der Waals surface area contributed by atoms with Crippen molar-refractivity contribution in [3.63, 3.8) is 0 Å². The first-order valence-electron chi connectivity index (χ1n) is 11.2. The summed E-state index contributed by atoms with van der Waals surface area (Å²) >= 11 is 0. The summed E-state index contributed by atoms with van der Waals surface area (Å²) in [5.41, 5.74) is 3.05. The number of urea groups is 2. The zero-order chi connectivity index (χ0) is 20.6. The highest BCUT2D eigenvalue weighted by atomic mass is 16.2. The molecule has 0 radical (unpaired) electrons. The molecule has 3 rings (SSSR count). The zero-order valence-electron chi connectivity index (χ0n) is 17.9. The van der Waals surface area contributed by atoms with Crippen molar-refractivity contribution in [3.05, 3.63) is 29.3 Å². The van der Waals surface area contributed by atoms with Gasteiger partial charge < -0.3 is 20.9 Å². The molecule has 6 heteroatoms. The van der Waals surface area contributed by atoms with Crippen molar-refractivity contribution in [1.82, 2.24) is 15.5 Å². The SMILES string of the molecule is Cc1ccc(C)c(NC(=O)NCCC2CCN(C(=O)NC3CCCCC3)CC2)c1. The number of nitrogens with zero attached hydrogens (tertiary/aromatic N) is 1. The van der Waals surface area contributed by atoms with Crippen LogP contribution in [-0.2, 0) is 0 Å². The molecule has 2 aliphatic rings. The first kappa shape index (κ1) is 21.5. The van der Waals surface area contributed by atoms with Gasteiger partial charge in [-0.1, -0.05) is 31.4 Å². The molecule has 1 saturated carbocycles. The van der Waals surface area contributed by atoms with E-state index in [0.29, 0.717) is 18.5 Å². The number of likely N-dealkylation sites (tertiary alicyclic amines) is 1. The molecule has 1 aromatic carbocycles. The topological polar surface area (TPSA) is 73.5 Å². The van der Waals surface area contributed by atoms with Crippen LogP contribution in [0, 0.1) is 19.8 Å². The first-order valence-corrected chi connectivity index (χ1v) is 11.2. The fourth-order valence-electron chi connectivity index (χ4n) is 4.36. The molecule has 0 unspecified atom stereocenters. The summed E-state index contributed by atoms with van der Waals surface area (Å²) in [6.45, 7) is 6.31. The Bertz CT molecular complexity index is 692. The van der Waals surface area contributed by atoms with Gasteiger partial charge in [0, 0.05) is 31.4 Å². The predicted molar refractivity (Wildman–Crippen MR) is 117 cm³/mol. The lowest BCUT2D eigenvalue weighted by Crippen LogP contribution is -2.48. The lowest BCUT2D eigenvalue weighted by molar-refractivity contribution is 0.162. The summed E-state index contributed by atoms with van der Waals surface area (Å²) in [6, 6.07) is 6.38. The van der Waals surface area contributed by atoms with E-state index < -0.39 is 0 Å². The third-order valence-electron chi connectivity index (χ3n) is 6.31. The maximum Gasteiger partial charge on any atom is 0.319 e. The third-order valence-corrected chi connectivity index (χ3v) is 6.31. The lowest BCUT2D eigenvalue weighted by atomic mass is 9.93. The maximum absolute atomic E-state index is 12.5. The molecule has 0 spiro atoms. The zero-order valence-corrected chi connectivity index (χ0v) is 17.9. The second-order valence-corrected chi connectivity index (χ2v) is 8.70. The smallest absolute Gasteiger partial charge is 0.319 e. The number of nitrogens with one attached hydrogen (secondary N) is 3. The van der Waals surface area contributed by atoms with E-state index in [4.69, 9.17) is 0 Å². The van der Waals surface area contributed by atoms with Gasteiger partial charge in [-0.15, -0.1) is 0 Å². The van der Waals surface area contributed by atoms with E-state index in [1.807, 2.05) is 36.9 Å². The molecule has 1 aromatic rings. The van der Waals surface area contributed by atoms with Crippen molar-refractivity contribution >= 4 is 17.7 Å². The monoisotopic (exact) mass is 400 g/mol. The van der Waals surface area contributed by atoms with Crippen molar-refractivity contribution in [2.45, 2.75) is 71.3 Å². The van der Waals surface area contributed by atoms with Crippen LogP contribution < -0.4 is 16.0 Å². The van der Waals surface area contributed by atoms with E-state index in [2.05, 4.69) is 16.0 Å². The summed E-state index contributed by atoms with van der Waals surface area (Å²) in [7, 11) is 0. The highest BCUT2D eigenvalue weighted by molar-refractivity contribution is 5.90. The molecule has 1 heterocycles. The average molecular weight is 401 g/mol. The largest absolute Gasteiger partial charge is 0.338 e. The molecule has 0 bridgehead atoms. The summed E-state index contributed by atoms with van der Waals surface area (Å²) in [4.78, 5) is 26.6. The predicted octanol–water partition coefficient (Wildman–Crippen LogP) is 4.57. The molecule has 1 saturated heterocycles. The molecule has 3 N–H and O–H groups in total. The minimum Gasteiger partial charge on any atom is -0.338 e. The van der Waals surface area contributed by atoms with Gasteiger partial charge in [0.2, 0.25) is 0 Å². The van der Waals surface area contributed by atoms with E-state index in [0.717, 1.165) is 62.0 Å². The van der Waals surface area contributed by atoms with E-state index >= 15 is 0 Å². The van der Waals surface area contributed by atoms with Crippen LogP contribution in [0.5, 0.6) is 0 Å². The van der Waals surface area contributed by atoms with Gasteiger partial charge >= 0.3 is 12.1 Å². The van der Waals surface area contributed by atoms with Gasteiger partial charge in [0.1, 0.15) is 0 Å². The molecule has 29 heavy (non-hydrogen) atoms. The van der Waals surface area contributed by atoms with E-state index in [1.54, 1.807) is 0 Å². The van der Waals surface area contributed by atoms with Crippen LogP contribution in [-0.4, -0.2) is 42.6 Å². The molecule has 1 aliphatic carbocycles. The first-order chi connectivity index (χ1) is 14.0. The van der Waals surface area contributed by atoms with Crippen LogP contribution in [0.1, 0.15) is 62.5 Å². The van der Waals surface area contributed by atoms with Crippen LogP contribution in [0.3, 0.4) is 0 Å². The van der Waals surface area contributed by atoms with Gasteiger partial charge in [-0.2, -0.15) is 0 Å². The minimum absolute atomic E-state index is 0.112. The molecule has 0 atom stereocenters. The second kappa shape index (κ2) is 10.5. The lowest BCUT2D eigenvalue weighted by Gasteiger charge is -2.34. The van der Waals surface area contributed by atoms with E-state index in [9.17, 15) is 9.59 Å². The van der Waals surface area contributed by atoms with Crippen LogP contribution in [0.2, 0.25) is 0 Å². The number of carbonyl (C=O) groups is 2. The molecule has 6 nitrogen and oxygen atoms in total. The highest BCUT2D eigenvalue weighted by Gasteiger charge is 2.24. The fourth-order valence-corrected chi connectivity index (χ4v) is 4.36. The molecule has 4 amide bonds. The number of hydrogen-bond donors (Lipinski definition) is 3. The Balaban J connectivity index is 1.32. The molecule has 160 valence electrons. The Labute approximate surface area is 174 Å². The van der Waals surface area contributed by atoms with E-state index in [1.165, 1.54) is 19.3 Å². The Kier molecular flexibility index (Phi) is 7.78. The van der Waals surface area contributed by atoms with Gasteiger partial charge in [-0.3, -0.25) is 0 Å². The summed E-state index contributed by atoms with van der Waals surface area (Å²) in [5, 5.41) is 9.12. The Morgan fingerprint density at radius 1 is 1.03 bits per heavy atom. The van der Waals surface area contributed by atoms with Gasteiger partial charge in [0.05, 0.1) is 0 Å². The van der Waals surface area contributed by atoms with Crippen molar-refractivity contribution in [2.24, 2.45) is 5.92 Å². The normalized spacial score (nSPS) is 18.3. The van der Waals surface area contributed by atoms with Crippen molar-refractivity contribution in [1.29, 1.82) is 0 Å². The Morgan fingerprint density at radius 2 is 1.76 bits per heavy atom. The maximum atomic E-state index is 12.5. The van der Waals surface area contributed by atoms with Crippen molar-refractivity contribution in [2.75, 3.05) is 25.0 Å². The van der Waals surface area contributed by atoms with Gasteiger partial charge in [-0.05, 0) is 69.1 Å². The Morgan fingerprint density at radius 3 is 2.48 bits per heavy atom. The number of rotatable bonds is 5. The molecule has 0 aromatic heterocycles. The molecule has 2 fully saturated rings. The average Bonchev–Trinajstić information content (AvgIpc) is 2.72. The standard InChI is InChI=1S/C23H36N4O2/c1-17-8-9-18(2)21(16-17)26-22(28)24-13-10-19-11-14-27(15-12-19)23(29)25-20-6-4-3-5-7-20/h8-9,16,19-20H,3-7,10-15H2,1-2H3,(H,25,29)(H2,24,26,28). The number of benzene rings is 1.